The van der Waals surface area contributed by atoms with Gasteiger partial charge in [0.15, 0.2) is 0 Å². The average molecular weight is 379 g/mol. The summed E-state index contributed by atoms with van der Waals surface area (Å²) in [4.78, 5) is 24.3. The van der Waals surface area contributed by atoms with E-state index in [1.807, 2.05) is 13.0 Å². The Kier molecular flexibility index (Phi) is 4.98. The summed E-state index contributed by atoms with van der Waals surface area (Å²) in [5.74, 6) is 1.53. The van der Waals surface area contributed by atoms with E-state index in [0.717, 1.165) is 41.2 Å². The van der Waals surface area contributed by atoms with Crippen molar-refractivity contribution >= 4 is 11.9 Å². The van der Waals surface area contributed by atoms with Gasteiger partial charge in [-0.3, -0.25) is 4.98 Å². The first-order chi connectivity index (χ1) is 13.7. The number of hydrogen-bond acceptors (Lipinski definition) is 9. The number of rotatable bonds is 4. The Bertz CT molecular complexity index is 973. The van der Waals surface area contributed by atoms with Crippen LogP contribution in [-0.4, -0.2) is 58.3 Å². The van der Waals surface area contributed by atoms with E-state index < -0.39 is 0 Å². The highest BCUT2D eigenvalue weighted by molar-refractivity contribution is 5.74. The number of pyridine rings is 1. The second kappa shape index (κ2) is 7.73. The van der Waals surface area contributed by atoms with Crippen molar-refractivity contribution in [2.24, 2.45) is 0 Å². The smallest absolute Gasteiger partial charge is 0.226 e. The molecule has 1 fully saturated rings. The Hall–Kier alpha value is -3.33. The van der Waals surface area contributed by atoms with E-state index in [9.17, 15) is 0 Å². The molecule has 1 aliphatic rings. The molecule has 0 aromatic carbocycles. The van der Waals surface area contributed by atoms with Crippen LogP contribution in [0.4, 0.5) is 11.9 Å². The van der Waals surface area contributed by atoms with Crippen molar-refractivity contribution in [1.29, 1.82) is 0 Å². The fourth-order valence-corrected chi connectivity index (χ4v) is 3.09. The van der Waals surface area contributed by atoms with Crippen molar-refractivity contribution in [2.75, 3.05) is 44.0 Å². The molecule has 1 saturated heterocycles. The fraction of sp³-hybridized carbons (Fsp3) is 0.316. The summed E-state index contributed by atoms with van der Waals surface area (Å²) in [6, 6.07) is 1.91. The molecule has 9 nitrogen and oxygen atoms in total. The van der Waals surface area contributed by atoms with Gasteiger partial charge in [-0.1, -0.05) is 0 Å². The maximum atomic E-state index is 5.64. The summed E-state index contributed by atoms with van der Waals surface area (Å²) in [6.45, 7) is 4.73. The largest absolute Gasteiger partial charge is 0.495 e. The molecule has 4 rings (SSSR count). The van der Waals surface area contributed by atoms with Crippen molar-refractivity contribution in [3.63, 3.8) is 0 Å². The van der Waals surface area contributed by atoms with Crippen LogP contribution in [0.15, 0.2) is 30.9 Å². The van der Waals surface area contributed by atoms with Crippen LogP contribution in [0, 0.1) is 6.92 Å². The number of nitrogen functional groups attached to an aromatic ring is 1. The maximum Gasteiger partial charge on any atom is 0.226 e. The number of hydrogen-bond donors (Lipinski definition) is 1. The zero-order valence-corrected chi connectivity index (χ0v) is 15.8. The van der Waals surface area contributed by atoms with E-state index in [0.29, 0.717) is 24.9 Å². The van der Waals surface area contributed by atoms with Gasteiger partial charge in [-0.05, 0) is 13.0 Å². The Morgan fingerprint density at radius 3 is 2.36 bits per heavy atom. The SMILES string of the molecule is COc1cncc(-c2nc(N3CCOCC3)nc(-c3cnc(N)nc3)c2C)c1. The normalized spacial score (nSPS) is 14.1. The molecule has 0 aliphatic carbocycles. The van der Waals surface area contributed by atoms with Gasteiger partial charge in [0, 0.05) is 48.4 Å². The molecule has 28 heavy (non-hydrogen) atoms. The molecule has 0 atom stereocenters. The molecule has 1 aliphatic heterocycles. The second-order valence-electron chi connectivity index (χ2n) is 6.39. The predicted octanol–water partition coefficient (Wildman–Crippen LogP) is 1.73. The molecule has 3 aromatic rings. The van der Waals surface area contributed by atoms with Crippen molar-refractivity contribution in [1.82, 2.24) is 24.9 Å². The third-order valence-corrected chi connectivity index (χ3v) is 4.60. The molecule has 0 unspecified atom stereocenters. The quantitative estimate of drug-likeness (QED) is 0.724. The summed E-state index contributed by atoms with van der Waals surface area (Å²) in [5, 5.41) is 0. The first-order valence-corrected chi connectivity index (χ1v) is 8.94. The van der Waals surface area contributed by atoms with Crippen LogP contribution in [0.25, 0.3) is 22.5 Å². The number of nitrogens with two attached hydrogens (primary N) is 1. The third kappa shape index (κ3) is 3.56. The summed E-state index contributed by atoms with van der Waals surface area (Å²) in [7, 11) is 1.62. The molecule has 9 heteroatoms. The monoisotopic (exact) mass is 379 g/mol. The van der Waals surface area contributed by atoms with Crippen LogP contribution >= 0.6 is 0 Å². The van der Waals surface area contributed by atoms with Gasteiger partial charge in [0.1, 0.15) is 5.75 Å². The van der Waals surface area contributed by atoms with E-state index in [1.165, 1.54) is 0 Å². The van der Waals surface area contributed by atoms with Gasteiger partial charge in [-0.15, -0.1) is 0 Å². The van der Waals surface area contributed by atoms with Gasteiger partial charge in [0.25, 0.3) is 0 Å². The highest BCUT2D eigenvalue weighted by Crippen LogP contribution is 2.32. The van der Waals surface area contributed by atoms with Crippen molar-refractivity contribution in [3.8, 4) is 28.3 Å². The van der Waals surface area contributed by atoms with Crippen LogP contribution in [-0.2, 0) is 4.74 Å². The second-order valence-corrected chi connectivity index (χ2v) is 6.39. The van der Waals surface area contributed by atoms with E-state index in [-0.39, 0.29) is 5.95 Å². The van der Waals surface area contributed by atoms with E-state index in [4.69, 9.17) is 25.2 Å². The summed E-state index contributed by atoms with van der Waals surface area (Å²) >= 11 is 0. The van der Waals surface area contributed by atoms with E-state index in [1.54, 1.807) is 31.9 Å². The number of methoxy groups -OCH3 is 1. The van der Waals surface area contributed by atoms with Crippen LogP contribution in [0.5, 0.6) is 5.75 Å². The minimum atomic E-state index is 0.223. The fourth-order valence-electron chi connectivity index (χ4n) is 3.09. The molecule has 3 aromatic heterocycles. The molecule has 0 saturated carbocycles. The molecule has 0 amide bonds. The lowest BCUT2D eigenvalue weighted by Crippen LogP contribution is -2.37. The average Bonchev–Trinajstić information content (AvgIpc) is 2.75. The van der Waals surface area contributed by atoms with Crippen molar-refractivity contribution in [2.45, 2.75) is 6.92 Å². The molecule has 0 spiro atoms. The van der Waals surface area contributed by atoms with Crippen LogP contribution in [0.3, 0.4) is 0 Å². The number of morpholine rings is 1. The maximum absolute atomic E-state index is 5.64. The van der Waals surface area contributed by atoms with E-state index in [2.05, 4.69) is 19.9 Å². The first-order valence-electron chi connectivity index (χ1n) is 8.94. The highest BCUT2D eigenvalue weighted by Gasteiger charge is 2.20. The minimum absolute atomic E-state index is 0.223. The van der Waals surface area contributed by atoms with Gasteiger partial charge in [-0.25, -0.2) is 19.9 Å². The number of aromatic nitrogens is 5. The van der Waals surface area contributed by atoms with Gasteiger partial charge in [-0.2, -0.15) is 0 Å². The summed E-state index contributed by atoms with van der Waals surface area (Å²) < 4.78 is 10.8. The molecule has 0 radical (unpaired) electrons. The topological polar surface area (TPSA) is 112 Å². The number of anilines is 2. The van der Waals surface area contributed by atoms with Gasteiger partial charge in [0.05, 0.1) is 37.9 Å². The first kappa shape index (κ1) is 18.1. The number of nitrogens with zero attached hydrogens (tertiary/aromatic N) is 6. The lowest BCUT2D eigenvalue weighted by Gasteiger charge is -2.28. The van der Waals surface area contributed by atoms with Crippen LogP contribution in [0.1, 0.15) is 5.56 Å². The van der Waals surface area contributed by atoms with E-state index >= 15 is 0 Å². The van der Waals surface area contributed by atoms with Gasteiger partial charge in [0.2, 0.25) is 11.9 Å². The Morgan fingerprint density at radius 2 is 1.68 bits per heavy atom. The van der Waals surface area contributed by atoms with Crippen molar-refractivity contribution < 1.29 is 9.47 Å². The lowest BCUT2D eigenvalue weighted by molar-refractivity contribution is 0.122. The zero-order chi connectivity index (χ0) is 19.5. The molecule has 0 bridgehead atoms. The Morgan fingerprint density at radius 1 is 1.00 bits per heavy atom. The summed E-state index contributed by atoms with van der Waals surface area (Å²) in [5.41, 5.74) is 9.72. The molecule has 144 valence electrons. The standard InChI is InChI=1S/C19H21N7O2/c1-12-16(13-7-15(27-2)11-21-8-13)24-19(26-3-5-28-6-4-26)25-17(12)14-9-22-18(20)23-10-14/h7-11H,3-6H2,1-2H3,(H2,20,22,23). The highest BCUT2D eigenvalue weighted by atomic mass is 16.5. The third-order valence-electron chi connectivity index (χ3n) is 4.60. The molecule has 4 heterocycles. The Balaban J connectivity index is 1.88. The lowest BCUT2D eigenvalue weighted by atomic mass is 10.0. The Labute approximate surface area is 162 Å². The zero-order valence-electron chi connectivity index (χ0n) is 15.8. The van der Waals surface area contributed by atoms with Crippen LogP contribution < -0.4 is 15.4 Å². The molecule has 2 N–H and O–H groups in total. The minimum Gasteiger partial charge on any atom is -0.495 e. The van der Waals surface area contributed by atoms with Crippen LogP contribution in [0.2, 0.25) is 0 Å². The van der Waals surface area contributed by atoms with Gasteiger partial charge < -0.3 is 20.1 Å². The molecular weight excluding hydrogens is 358 g/mol. The van der Waals surface area contributed by atoms with Gasteiger partial charge >= 0.3 is 0 Å². The van der Waals surface area contributed by atoms with Crippen molar-refractivity contribution in [3.05, 3.63) is 36.4 Å². The summed E-state index contributed by atoms with van der Waals surface area (Å²) in [6.07, 6.45) is 6.78. The predicted molar refractivity (Wildman–Crippen MR) is 105 cm³/mol. The number of ether oxygens (including phenoxy) is 2. The molecular formula is C19H21N7O2.